The van der Waals surface area contributed by atoms with Gasteiger partial charge >= 0.3 is 5.97 Å². The maximum atomic E-state index is 11.2. The summed E-state index contributed by atoms with van der Waals surface area (Å²) in [5, 5.41) is 11.1. The normalized spacial score (nSPS) is 10.4. The van der Waals surface area contributed by atoms with E-state index in [0.717, 1.165) is 23.7 Å². The van der Waals surface area contributed by atoms with Crippen LogP contribution in [-0.4, -0.2) is 29.1 Å². The molecule has 1 aromatic heterocycles. The number of fused-ring (bicyclic) bond motifs is 1. The van der Waals surface area contributed by atoms with Crippen LogP contribution in [0, 0.1) is 0 Å². The molecule has 0 bridgehead atoms. The van der Waals surface area contributed by atoms with Crippen LogP contribution in [0.1, 0.15) is 23.8 Å². The molecule has 2 rings (SSSR count). The highest BCUT2D eigenvalue weighted by Gasteiger charge is 2.14. The Morgan fingerprint density at radius 2 is 2.20 bits per heavy atom. The van der Waals surface area contributed by atoms with Crippen molar-refractivity contribution in [3.63, 3.8) is 0 Å². The molecule has 0 amide bonds. The van der Waals surface area contributed by atoms with Gasteiger partial charge in [0.15, 0.2) is 5.69 Å². The lowest BCUT2D eigenvalue weighted by Gasteiger charge is -2.23. The Labute approximate surface area is 118 Å². The molecule has 1 aromatic carbocycles. The van der Waals surface area contributed by atoms with Gasteiger partial charge in [0.05, 0.1) is 0 Å². The molecule has 4 heteroatoms. The van der Waals surface area contributed by atoms with Crippen LogP contribution in [0.25, 0.3) is 10.8 Å². The van der Waals surface area contributed by atoms with Crippen molar-refractivity contribution in [1.29, 1.82) is 0 Å². The van der Waals surface area contributed by atoms with Gasteiger partial charge < -0.3 is 10.0 Å². The van der Waals surface area contributed by atoms with Gasteiger partial charge in [0.25, 0.3) is 0 Å². The number of pyridine rings is 1. The van der Waals surface area contributed by atoms with E-state index in [9.17, 15) is 9.90 Å². The van der Waals surface area contributed by atoms with Crippen LogP contribution in [0.4, 0.5) is 5.82 Å². The van der Waals surface area contributed by atoms with Crippen molar-refractivity contribution in [3.05, 3.63) is 48.7 Å². The average molecular weight is 270 g/mol. The Hall–Kier alpha value is -2.36. The number of rotatable bonds is 6. The molecule has 0 aliphatic carbocycles. The van der Waals surface area contributed by atoms with Crippen LogP contribution >= 0.6 is 0 Å². The largest absolute Gasteiger partial charge is 0.477 e. The first kappa shape index (κ1) is 14.1. The van der Waals surface area contributed by atoms with Gasteiger partial charge in [-0.3, -0.25) is 0 Å². The van der Waals surface area contributed by atoms with Crippen molar-refractivity contribution in [2.24, 2.45) is 0 Å². The van der Waals surface area contributed by atoms with E-state index in [4.69, 9.17) is 0 Å². The van der Waals surface area contributed by atoms with E-state index in [0.29, 0.717) is 12.4 Å². The monoisotopic (exact) mass is 270 g/mol. The lowest BCUT2D eigenvalue weighted by atomic mass is 10.1. The first-order valence-electron chi connectivity index (χ1n) is 6.66. The fourth-order valence-corrected chi connectivity index (χ4v) is 2.24. The molecule has 0 spiro atoms. The number of hydrogen-bond acceptors (Lipinski definition) is 3. The fourth-order valence-electron chi connectivity index (χ4n) is 2.24. The van der Waals surface area contributed by atoms with Crippen LogP contribution in [0.2, 0.25) is 0 Å². The molecule has 0 aliphatic rings. The first-order chi connectivity index (χ1) is 9.67. The second kappa shape index (κ2) is 6.19. The van der Waals surface area contributed by atoms with E-state index in [1.165, 1.54) is 0 Å². The summed E-state index contributed by atoms with van der Waals surface area (Å²) in [7, 11) is 0. The summed E-state index contributed by atoms with van der Waals surface area (Å²) in [6, 6.07) is 9.32. The fraction of sp³-hybridized carbons (Fsp3) is 0.250. The summed E-state index contributed by atoms with van der Waals surface area (Å²) in [6.07, 6.45) is 2.76. The second-order valence-corrected chi connectivity index (χ2v) is 4.59. The van der Waals surface area contributed by atoms with E-state index < -0.39 is 5.97 Å². The number of benzene rings is 1. The molecule has 0 unspecified atom stereocenters. The van der Waals surface area contributed by atoms with E-state index >= 15 is 0 Å². The summed E-state index contributed by atoms with van der Waals surface area (Å²) in [5.41, 5.74) is 0.0730. The highest BCUT2D eigenvalue weighted by molar-refractivity contribution is 5.98. The Morgan fingerprint density at radius 3 is 2.85 bits per heavy atom. The van der Waals surface area contributed by atoms with Crippen LogP contribution < -0.4 is 4.90 Å². The third-order valence-corrected chi connectivity index (χ3v) is 3.08. The van der Waals surface area contributed by atoms with E-state index in [1.54, 1.807) is 12.1 Å². The molecule has 0 radical (unpaired) electrons. The third kappa shape index (κ3) is 2.79. The van der Waals surface area contributed by atoms with Gasteiger partial charge in [-0.2, -0.15) is 0 Å². The Bertz CT molecular complexity index is 637. The minimum Gasteiger partial charge on any atom is -0.477 e. The number of carboxylic acids is 1. The number of carbonyl (C=O) groups is 1. The molecule has 0 fully saturated rings. The summed E-state index contributed by atoms with van der Waals surface area (Å²) < 4.78 is 0. The van der Waals surface area contributed by atoms with Crippen molar-refractivity contribution >= 4 is 22.6 Å². The zero-order chi connectivity index (χ0) is 14.5. The van der Waals surface area contributed by atoms with Crippen LogP contribution in [-0.2, 0) is 0 Å². The zero-order valence-electron chi connectivity index (χ0n) is 11.5. The predicted octanol–water partition coefficient (Wildman–Crippen LogP) is 3.34. The van der Waals surface area contributed by atoms with Gasteiger partial charge in [0.2, 0.25) is 0 Å². The SMILES string of the molecule is C=CCN(CCC)c1nc(C(=O)O)cc2ccccc12. The quantitative estimate of drug-likeness (QED) is 0.818. The van der Waals surface area contributed by atoms with E-state index in [1.807, 2.05) is 24.3 Å². The topological polar surface area (TPSA) is 53.4 Å². The molecule has 0 atom stereocenters. The van der Waals surface area contributed by atoms with Crippen molar-refractivity contribution in [2.45, 2.75) is 13.3 Å². The minimum absolute atomic E-state index is 0.0730. The molecule has 20 heavy (non-hydrogen) atoms. The van der Waals surface area contributed by atoms with Crippen molar-refractivity contribution in [1.82, 2.24) is 4.98 Å². The lowest BCUT2D eigenvalue weighted by molar-refractivity contribution is 0.0691. The van der Waals surface area contributed by atoms with Gasteiger partial charge in [-0.25, -0.2) is 9.78 Å². The summed E-state index contributed by atoms with van der Waals surface area (Å²) in [5.74, 6) is -0.297. The number of aromatic carboxylic acids is 1. The van der Waals surface area contributed by atoms with Crippen molar-refractivity contribution in [3.8, 4) is 0 Å². The number of aromatic nitrogens is 1. The molecular weight excluding hydrogens is 252 g/mol. The van der Waals surface area contributed by atoms with Crippen LogP contribution in [0.15, 0.2) is 43.0 Å². The van der Waals surface area contributed by atoms with Gasteiger partial charge in [-0.1, -0.05) is 37.3 Å². The Kier molecular flexibility index (Phi) is 4.35. The summed E-state index contributed by atoms with van der Waals surface area (Å²) in [6.45, 7) is 7.30. The van der Waals surface area contributed by atoms with E-state index in [-0.39, 0.29) is 5.69 Å². The summed E-state index contributed by atoms with van der Waals surface area (Å²) in [4.78, 5) is 17.6. The maximum Gasteiger partial charge on any atom is 0.354 e. The standard InChI is InChI=1S/C16H18N2O2/c1-3-9-18(10-4-2)15-13-8-6-5-7-12(13)11-14(17-15)16(19)20/h3,5-8,11H,1,4,9-10H2,2H3,(H,19,20). The van der Waals surface area contributed by atoms with Gasteiger partial charge in [0.1, 0.15) is 5.82 Å². The maximum absolute atomic E-state index is 11.2. The molecular formula is C16H18N2O2. The number of nitrogens with zero attached hydrogens (tertiary/aromatic N) is 2. The van der Waals surface area contributed by atoms with Gasteiger partial charge in [-0.15, -0.1) is 6.58 Å². The molecule has 0 aliphatic heterocycles. The molecule has 0 saturated carbocycles. The van der Waals surface area contributed by atoms with Crippen molar-refractivity contribution in [2.75, 3.05) is 18.0 Å². The molecule has 104 valence electrons. The first-order valence-corrected chi connectivity index (χ1v) is 6.66. The smallest absolute Gasteiger partial charge is 0.354 e. The van der Waals surface area contributed by atoms with Gasteiger partial charge in [0, 0.05) is 18.5 Å². The van der Waals surface area contributed by atoms with Crippen LogP contribution in [0.5, 0.6) is 0 Å². The Morgan fingerprint density at radius 1 is 1.45 bits per heavy atom. The highest BCUT2D eigenvalue weighted by Crippen LogP contribution is 2.26. The lowest BCUT2D eigenvalue weighted by Crippen LogP contribution is -2.26. The highest BCUT2D eigenvalue weighted by atomic mass is 16.4. The molecule has 0 saturated heterocycles. The summed E-state index contributed by atoms with van der Waals surface area (Å²) >= 11 is 0. The molecule has 2 aromatic rings. The van der Waals surface area contributed by atoms with Crippen LogP contribution in [0.3, 0.4) is 0 Å². The van der Waals surface area contributed by atoms with E-state index in [2.05, 4.69) is 23.4 Å². The number of hydrogen-bond donors (Lipinski definition) is 1. The molecule has 1 heterocycles. The second-order valence-electron chi connectivity index (χ2n) is 4.59. The number of anilines is 1. The average Bonchev–Trinajstić information content (AvgIpc) is 2.46. The molecule has 4 nitrogen and oxygen atoms in total. The molecule has 1 N–H and O–H groups in total. The van der Waals surface area contributed by atoms with Crippen molar-refractivity contribution < 1.29 is 9.90 Å². The van der Waals surface area contributed by atoms with Gasteiger partial charge in [-0.05, 0) is 17.9 Å². The predicted molar refractivity (Wildman–Crippen MR) is 81.4 cm³/mol. The minimum atomic E-state index is -1.01. The Balaban J connectivity index is 2.64. The zero-order valence-corrected chi connectivity index (χ0v) is 11.5. The third-order valence-electron chi connectivity index (χ3n) is 3.08. The number of carboxylic acid groups (broad SMARTS) is 1.